The quantitative estimate of drug-likeness (QED) is 0.590. The third-order valence-electron chi connectivity index (χ3n) is 2.26. The van der Waals surface area contributed by atoms with Crippen LogP contribution in [0.4, 0.5) is 0 Å². The highest BCUT2D eigenvalue weighted by atomic mass is 16.6. The molecule has 4 nitrogen and oxygen atoms in total. The summed E-state index contributed by atoms with van der Waals surface area (Å²) in [5.74, 6) is 0. The largest absolute Gasteiger partial charge is 0.328 e. The van der Waals surface area contributed by atoms with E-state index in [9.17, 15) is 10.1 Å². The number of nitrogens with two attached hydrogens (primary N) is 1. The van der Waals surface area contributed by atoms with E-state index in [4.69, 9.17) is 5.73 Å². The number of nitrogens with zero attached hydrogens (tertiary/aromatic N) is 1. The topological polar surface area (TPSA) is 69.2 Å². The van der Waals surface area contributed by atoms with Gasteiger partial charge in [-0.05, 0) is 12.5 Å². The van der Waals surface area contributed by atoms with Crippen LogP contribution >= 0.6 is 0 Å². The van der Waals surface area contributed by atoms with Gasteiger partial charge in [-0.2, -0.15) is 0 Å². The number of benzene rings is 1. The van der Waals surface area contributed by atoms with Crippen molar-refractivity contribution in [3.05, 3.63) is 46.0 Å². The zero-order valence-electron chi connectivity index (χ0n) is 8.80. The second kappa shape index (κ2) is 5.46. The highest BCUT2D eigenvalue weighted by Crippen LogP contribution is 2.09. The monoisotopic (exact) mass is 208 g/mol. The maximum Gasteiger partial charge on any atom is 0.218 e. The van der Waals surface area contributed by atoms with E-state index in [1.54, 1.807) is 6.92 Å². The summed E-state index contributed by atoms with van der Waals surface area (Å²) in [6.07, 6.45) is 0.872. The Hall–Kier alpha value is -1.42. The van der Waals surface area contributed by atoms with Crippen molar-refractivity contribution >= 4 is 0 Å². The molecule has 0 bridgehead atoms. The Labute approximate surface area is 89.2 Å². The van der Waals surface area contributed by atoms with E-state index in [0.29, 0.717) is 12.8 Å². The highest BCUT2D eigenvalue weighted by molar-refractivity contribution is 5.15. The molecule has 82 valence electrons. The van der Waals surface area contributed by atoms with Crippen LogP contribution in [0.25, 0.3) is 0 Å². The Balaban J connectivity index is 2.63. The maximum absolute atomic E-state index is 10.8. The first-order chi connectivity index (χ1) is 7.09. The third kappa shape index (κ3) is 4.08. The van der Waals surface area contributed by atoms with Gasteiger partial charge in [0.15, 0.2) is 0 Å². The van der Waals surface area contributed by atoms with E-state index >= 15 is 0 Å². The van der Waals surface area contributed by atoms with E-state index in [0.717, 1.165) is 5.56 Å². The van der Waals surface area contributed by atoms with Gasteiger partial charge in [0.25, 0.3) is 0 Å². The summed E-state index contributed by atoms with van der Waals surface area (Å²) in [7, 11) is 0. The molecule has 0 aliphatic rings. The van der Waals surface area contributed by atoms with E-state index in [1.807, 2.05) is 30.3 Å². The van der Waals surface area contributed by atoms with Crippen LogP contribution in [0.1, 0.15) is 18.9 Å². The summed E-state index contributed by atoms with van der Waals surface area (Å²) in [4.78, 5) is 10.5. The highest BCUT2D eigenvalue weighted by Gasteiger charge is 2.21. The van der Waals surface area contributed by atoms with Crippen LogP contribution in [-0.4, -0.2) is 17.0 Å². The lowest BCUT2D eigenvalue weighted by Gasteiger charge is -2.11. The van der Waals surface area contributed by atoms with Crippen molar-refractivity contribution < 1.29 is 4.92 Å². The molecule has 2 unspecified atom stereocenters. The summed E-state index contributed by atoms with van der Waals surface area (Å²) in [5, 5.41) is 10.8. The van der Waals surface area contributed by atoms with Crippen LogP contribution in [0.5, 0.6) is 0 Å². The van der Waals surface area contributed by atoms with E-state index in [2.05, 4.69) is 0 Å². The first-order valence-electron chi connectivity index (χ1n) is 5.02. The molecule has 0 saturated carbocycles. The molecule has 0 aliphatic heterocycles. The van der Waals surface area contributed by atoms with Crippen molar-refractivity contribution in [2.45, 2.75) is 31.8 Å². The Bertz CT molecular complexity index is 312. The van der Waals surface area contributed by atoms with E-state index < -0.39 is 6.04 Å². The zero-order valence-corrected chi connectivity index (χ0v) is 8.80. The van der Waals surface area contributed by atoms with E-state index in [-0.39, 0.29) is 11.0 Å². The SMILES string of the molecule is CC(N)CC(Cc1ccccc1)[N+](=O)[O-]. The normalized spacial score (nSPS) is 14.5. The number of rotatable bonds is 5. The molecular weight excluding hydrogens is 192 g/mol. The van der Waals surface area contributed by atoms with Gasteiger partial charge in [-0.1, -0.05) is 30.3 Å². The standard InChI is InChI=1S/C11H16N2O2/c1-9(12)7-11(13(14)15)8-10-5-3-2-4-6-10/h2-6,9,11H,7-8,12H2,1H3. The predicted molar refractivity (Wildman–Crippen MR) is 59.2 cm³/mol. The van der Waals surface area contributed by atoms with Crippen LogP contribution in [0.2, 0.25) is 0 Å². The third-order valence-corrected chi connectivity index (χ3v) is 2.26. The second-order valence-corrected chi connectivity index (χ2v) is 3.84. The van der Waals surface area contributed by atoms with Crippen LogP contribution in [0.15, 0.2) is 30.3 Å². The fourth-order valence-electron chi connectivity index (χ4n) is 1.56. The van der Waals surface area contributed by atoms with Gasteiger partial charge in [0.1, 0.15) is 0 Å². The van der Waals surface area contributed by atoms with Gasteiger partial charge in [-0.3, -0.25) is 10.1 Å². The molecule has 2 atom stereocenters. The van der Waals surface area contributed by atoms with Crippen molar-refractivity contribution in [3.63, 3.8) is 0 Å². The number of nitro groups is 1. The van der Waals surface area contributed by atoms with Crippen molar-refractivity contribution in [2.75, 3.05) is 0 Å². The summed E-state index contributed by atoms with van der Waals surface area (Å²) >= 11 is 0. The lowest BCUT2D eigenvalue weighted by Crippen LogP contribution is -2.30. The fraction of sp³-hybridized carbons (Fsp3) is 0.455. The molecule has 0 aromatic heterocycles. The van der Waals surface area contributed by atoms with Crippen molar-refractivity contribution in [3.8, 4) is 0 Å². The molecule has 0 aliphatic carbocycles. The molecule has 0 heterocycles. The Morgan fingerprint density at radius 3 is 2.47 bits per heavy atom. The van der Waals surface area contributed by atoms with Gasteiger partial charge < -0.3 is 5.73 Å². The minimum Gasteiger partial charge on any atom is -0.328 e. The van der Waals surface area contributed by atoms with Gasteiger partial charge in [-0.15, -0.1) is 0 Å². The summed E-state index contributed by atoms with van der Waals surface area (Å²) in [5.41, 5.74) is 6.57. The fourth-order valence-corrected chi connectivity index (χ4v) is 1.56. The average Bonchev–Trinajstić information content (AvgIpc) is 2.17. The van der Waals surface area contributed by atoms with Gasteiger partial charge in [0.2, 0.25) is 6.04 Å². The van der Waals surface area contributed by atoms with Crippen molar-refractivity contribution in [1.29, 1.82) is 0 Å². The van der Waals surface area contributed by atoms with E-state index in [1.165, 1.54) is 0 Å². The van der Waals surface area contributed by atoms with Crippen LogP contribution in [0.3, 0.4) is 0 Å². The molecular formula is C11H16N2O2. The first-order valence-corrected chi connectivity index (χ1v) is 5.02. The molecule has 0 spiro atoms. The second-order valence-electron chi connectivity index (χ2n) is 3.84. The molecule has 0 radical (unpaired) electrons. The van der Waals surface area contributed by atoms with Gasteiger partial charge >= 0.3 is 0 Å². The Morgan fingerprint density at radius 1 is 1.40 bits per heavy atom. The Morgan fingerprint density at radius 2 is 2.00 bits per heavy atom. The molecule has 1 aromatic carbocycles. The van der Waals surface area contributed by atoms with Crippen LogP contribution < -0.4 is 5.73 Å². The number of hydrogen-bond acceptors (Lipinski definition) is 3. The zero-order chi connectivity index (χ0) is 11.3. The van der Waals surface area contributed by atoms with Gasteiger partial charge in [-0.25, -0.2) is 0 Å². The number of hydrogen-bond donors (Lipinski definition) is 1. The molecule has 0 saturated heterocycles. The smallest absolute Gasteiger partial charge is 0.218 e. The molecule has 0 fully saturated rings. The Kier molecular flexibility index (Phi) is 4.24. The van der Waals surface area contributed by atoms with Crippen molar-refractivity contribution in [2.24, 2.45) is 5.73 Å². The summed E-state index contributed by atoms with van der Waals surface area (Å²) < 4.78 is 0. The molecule has 15 heavy (non-hydrogen) atoms. The predicted octanol–water partition coefficient (Wildman–Crippen LogP) is 1.61. The molecule has 2 N–H and O–H groups in total. The maximum atomic E-state index is 10.8. The molecule has 0 amide bonds. The summed E-state index contributed by atoms with van der Waals surface area (Å²) in [6, 6.07) is 8.76. The average molecular weight is 208 g/mol. The van der Waals surface area contributed by atoms with Crippen LogP contribution in [-0.2, 0) is 6.42 Å². The molecule has 1 rings (SSSR count). The van der Waals surface area contributed by atoms with Gasteiger partial charge in [0, 0.05) is 23.8 Å². The van der Waals surface area contributed by atoms with Crippen LogP contribution in [0, 0.1) is 10.1 Å². The minimum absolute atomic E-state index is 0.135. The minimum atomic E-state index is -0.576. The first kappa shape index (κ1) is 11.7. The van der Waals surface area contributed by atoms with Gasteiger partial charge in [0.05, 0.1) is 0 Å². The lowest BCUT2D eigenvalue weighted by atomic mass is 10.0. The molecule has 4 heteroatoms. The lowest BCUT2D eigenvalue weighted by molar-refractivity contribution is -0.523. The molecule has 1 aromatic rings. The van der Waals surface area contributed by atoms with Crippen molar-refractivity contribution in [1.82, 2.24) is 0 Å². The summed E-state index contributed by atoms with van der Waals surface area (Å²) in [6.45, 7) is 1.79.